The van der Waals surface area contributed by atoms with Gasteiger partial charge in [0.05, 0.1) is 89.8 Å². The zero-order valence-electron chi connectivity index (χ0n) is 46.5. The Morgan fingerprint density at radius 1 is 0.487 bits per heavy atom. The molecular formula is C54H86Cl4N8O12S2. The number of carbonyl (C=O) groups is 2. The number of unbranched alkanes of at least 4 members (excludes halogenated alkanes) is 1. The van der Waals surface area contributed by atoms with Gasteiger partial charge in [-0.15, -0.1) is 0 Å². The molecule has 20 nitrogen and oxygen atoms in total. The highest BCUT2D eigenvalue weighted by Gasteiger charge is 2.40. The minimum Gasteiger partial charge on any atom is -0.378 e. The van der Waals surface area contributed by atoms with Gasteiger partial charge in [-0.1, -0.05) is 59.2 Å². The van der Waals surface area contributed by atoms with Gasteiger partial charge in [-0.25, -0.2) is 35.9 Å². The van der Waals surface area contributed by atoms with Crippen molar-refractivity contribution in [3.8, 4) is 0 Å². The maximum atomic E-state index is 13.3. The predicted octanol–water partition coefficient (Wildman–Crippen LogP) is 6.49. The van der Waals surface area contributed by atoms with Crippen molar-refractivity contribution in [2.75, 3.05) is 146 Å². The van der Waals surface area contributed by atoms with E-state index in [2.05, 4.69) is 54.6 Å². The number of rotatable bonds is 35. The number of sulfonamides is 2. The number of amides is 4. The van der Waals surface area contributed by atoms with E-state index in [4.69, 9.17) is 74.8 Å². The topological polar surface area (TPSA) is 236 Å². The maximum Gasteiger partial charge on any atom is 0.314 e. The number of likely N-dealkylation sites (N-methyl/N-ethyl adjacent to an activating group) is 2. The van der Waals surface area contributed by atoms with Crippen LogP contribution in [0.5, 0.6) is 0 Å². The van der Waals surface area contributed by atoms with Gasteiger partial charge < -0.3 is 59.5 Å². The van der Waals surface area contributed by atoms with E-state index in [1.54, 1.807) is 12.1 Å². The molecule has 0 saturated heterocycles. The Kier molecular flexibility index (Phi) is 29.4. The molecule has 6 atom stereocenters. The van der Waals surface area contributed by atoms with E-state index in [-0.39, 0.29) is 62.0 Å². The molecule has 2 aliphatic heterocycles. The lowest BCUT2D eigenvalue weighted by molar-refractivity contribution is 0.0165. The number of urea groups is 2. The SMILES string of the molecule is CN1Cc2c(Cl)cc(Cl)cc2[C@H](C2CCCC(S(=O)(=O)NCCOCCOCCOCCNC(=O)NCCCCNC(=O)NCCOCCOCCOCCNS(=O)(=O)C3CCCC([C@@H]4CN(C)Cc5c(Cl)cc(Cl)cc54)C3)C2)C1. The summed E-state index contributed by atoms with van der Waals surface area (Å²) in [6.07, 6.45) is 7.46. The van der Waals surface area contributed by atoms with Crippen molar-refractivity contribution < 1.29 is 54.8 Å². The van der Waals surface area contributed by atoms with Crippen LogP contribution in [0.3, 0.4) is 0 Å². The molecule has 0 bridgehead atoms. The number of carbonyl (C=O) groups excluding carboxylic acids is 2. The van der Waals surface area contributed by atoms with Crippen LogP contribution in [0.4, 0.5) is 9.59 Å². The first-order valence-electron chi connectivity index (χ1n) is 28.3. The summed E-state index contributed by atoms with van der Waals surface area (Å²) in [5, 5.41) is 12.7. The Morgan fingerprint density at radius 2 is 0.825 bits per heavy atom. The van der Waals surface area contributed by atoms with Gasteiger partial charge in [0.15, 0.2) is 0 Å². The van der Waals surface area contributed by atoms with Crippen molar-refractivity contribution in [2.45, 2.75) is 99.6 Å². The molecule has 2 saturated carbocycles. The molecule has 0 spiro atoms. The Labute approximate surface area is 494 Å². The summed E-state index contributed by atoms with van der Waals surface area (Å²) in [7, 11) is -2.89. The fourth-order valence-corrected chi connectivity index (χ4v) is 15.6. The summed E-state index contributed by atoms with van der Waals surface area (Å²) in [6.45, 7) is 8.96. The average molecular weight is 1250 g/mol. The van der Waals surface area contributed by atoms with Crippen molar-refractivity contribution in [1.82, 2.24) is 40.5 Å². The van der Waals surface area contributed by atoms with E-state index in [0.29, 0.717) is 151 Å². The summed E-state index contributed by atoms with van der Waals surface area (Å²) in [6, 6.07) is 6.97. The van der Waals surface area contributed by atoms with Gasteiger partial charge in [-0.3, -0.25) is 0 Å². The molecule has 4 amide bonds. The number of benzene rings is 2. The zero-order valence-corrected chi connectivity index (χ0v) is 51.2. The fraction of sp³-hybridized carbons (Fsp3) is 0.741. The second-order valence-electron chi connectivity index (χ2n) is 21.2. The highest BCUT2D eigenvalue weighted by molar-refractivity contribution is 7.90. The third-order valence-electron chi connectivity index (χ3n) is 15.2. The van der Waals surface area contributed by atoms with Gasteiger partial charge in [-0.05, 0) is 136 Å². The van der Waals surface area contributed by atoms with E-state index < -0.39 is 30.5 Å². The lowest BCUT2D eigenvalue weighted by Gasteiger charge is -2.40. The van der Waals surface area contributed by atoms with Gasteiger partial charge in [-0.2, -0.15) is 0 Å². The maximum absolute atomic E-state index is 13.3. The number of halogens is 4. The van der Waals surface area contributed by atoms with Gasteiger partial charge in [0.25, 0.3) is 0 Å². The second kappa shape index (κ2) is 35.2. The molecule has 26 heteroatoms. The molecule has 0 radical (unpaired) electrons. The number of hydrogen-bond donors (Lipinski definition) is 6. The molecule has 2 aromatic carbocycles. The first-order valence-corrected chi connectivity index (χ1v) is 32.9. The third kappa shape index (κ3) is 22.6. The first-order chi connectivity index (χ1) is 38.5. The first kappa shape index (κ1) is 66.8. The molecule has 4 unspecified atom stereocenters. The smallest absolute Gasteiger partial charge is 0.314 e. The standard InChI is InChI=1S/C54H86Cl4N8O12S2/c1-65-35-47(45-31-41(55)33-51(57)49(45)37-65)39-7-5-9-43(29-39)79(69,70)63-15-19-75-23-27-77-25-21-73-17-13-61-53(67)59-11-3-4-12-60-54(68)62-14-18-74-22-26-78-28-24-76-20-16-64-80(71,72)44-10-6-8-40(30-44)48-36-66(2)38-50-46(48)32-42(56)34-52(50)58/h31-34,39-40,43-44,47-48,63-64H,3-30,35-38H2,1-2H3,(H2,59,61,67)(H2,60,62,68)/t39?,40?,43?,44?,47-,48-/m0/s1. The zero-order chi connectivity index (χ0) is 57.3. The summed E-state index contributed by atoms with van der Waals surface area (Å²) < 4.78 is 91.9. The van der Waals surface area contributed by atoms with Gasteiger partial charge in [0.1, 0.15) is 0 Å². The molecule has 6 N–H and O–H groups in total. The molecule has 80 heavy (non-hydrogen) atoms. The van der Waals surface area contributed by atoms with E-state index in [9.17, 15) is 26.4 Å². The molecule has 2 fully saturated rings. The molecule has 6 rings (SSSR count). The molecule has 2 aromatic rings. The van der Waals surface area contributed by atoms with Gasteiger partial charge >= 0.3 is 12.1 Å². The van der Waals surface area contributed by atoms with Crippen molar-refractivity contribution >= 4 is 78.5 Å². The van der Waals surface area contributed by atoms with Gasteiger partial charge in [0, 0.05) is 85.5 Å². The lowest BCUT2D eigenvalue weighted by Crippen LogP contribution is -2.42. The second-order valence-corrected chi connectivity index (χ2v) is 27.0. The predicted molar refractivity (Wildman–Crippen MR) is 313 cm³/mol. The van der Waals surface area contributed by atoms with Crippen LogP contribution >= 0.6 is 46.4 Å². The molecule has 2 aliphatic carbocycles. The highest BCUT2D eigenvalue weighted by Crippen LogP contribution is 2.46. The fourth-order valence-electron chi connectivity index (χ4n) is 11.3. The average Bonchev–Trinajstić information content (AvgIpc) is 3.48. The Bertz CT molecular complexity index is 2290. The number of nitrogens with one attached hydrogen (secondary N) is 6. The van der Waals surface area contributed by atoms with Crippen LogP contribution in [-0.4, -0.2) is 195 Å². The van der Waals surface area contributed by atoms with Crippen LogP contribution in [-0.2, 0) is 61.6 Å². The van der Waals surface area contributed by atoms with Crippen LogP contribution < -0.4 is 30.7 Å². The van der Waals surface area contributed by atoms with Crippen LogP contribution in [0.15, 0.2) is 24.3 Å². The molecule has 454 valence electrons. The van der Waals surface area contributed by atoms with Gasteiger partial charge in [0.2, 0.25) is 20.0 Å². The monoisotopic (exact) mass is 1240 g/mol. The number of fused-ring (bicyclic) bond motifs is 2. The van der Waals surface area contributed by atoms with Crippen LogP contribution in [0.25, 0.3) is 0 Å². The minimum atomic E-state index is -3.51. The Hall–Kier alpha value is -2.36. The highest BCUT2D eigenvalue weighted by atomic mass is 35.5. The quantitative estimate of drug-likeness (QED) is 0.0405. The van der Waals surface area contributed by atoms with E-state index in [1.807, 2.05) is 12.1 Å². The summed E-state index contributed by atoms with van der Waals surface area (Å²) in [5.74, 6) is 0.792. The number of ether oxygens (including phenoxy) is 6. The van der Waals surface area contributed by atoms with Crippen molar-refractivity contribution in [3.05, 3.63) is 66.6 Å². The van der Waals surface area contributed by atoms with E-state index >= 15 is 0 Å². The lowest BCUT2D eigenvalue weighted by atomic mass is 9.74. The summed E-state index contributed by atoms with van der Waals surface area (Å²) in [4.78, 5) is 28.7. The largest absolute Gasteiger partial charge is 0.378 e. The molecule has 4 aliphatic rings. The third-order valence-corrected chi connectivity index (χ3v) is 20.2. The summed E-state index contributed by atoms with van der Waals surface area (Å²) in [5.41, 5.74) is 4.47. The molecule has 2 heterocycles. The van der Waals surface area contributed by atoms with E-state index in [1.165, 1.54) is 0 Å². The van der Waals surface area contributed by atoms with E-state index in [0.717, 1.165) is 74.1 Å². The normalized spacial score (nSPS) is 21.9. The van der Waals surface area contributed by atoms with Crippen LogP contribution in [0, 0.1) is 11.8 Å². The number of hydrogen-bond acceptors (Lipinski definition) is 14. The Morgan fingerprint density at radius 3 is 1.20 bits per heavy atom. The van der Waals surface area contributed by atoms with Crippen LogP contribution in [0.1, 0.15) is 98.3 Å². The Balaban J connectivity index is 0.652. The minimum absolute atomic E-state index is 0.178. The molecular weight excluding hydrogens is 1160 g/mol. The van der Waals surface area contributed by atoms with Crippen molar-refractivity contribution in [2.24, 2.45) is 11.8 Å². The summed E-state index contributed by atoms with van der Waals surface area (Å²) >= 11 is 25.9. The molecule has 0 aromatic heterocycles. The van der Waals surface area contributed by atoms with Crippen molar-refractivity contribution in [3.63, 3.8) is 0 Å². The van der Waals surface area contributed by atoms with Crippen molar-refractivity contribution in [1.29, 1.82) is 0 Å². The van der Waals surface area contributed by atoms with Crippen LogP contribution in [0.2, 0.25) is 20.1 Å². The number of nitrogens with zero attached hydrogens (tertiary/aromatic N) is 2.